The molecular weight excluding hydrogens is 310 g/mol. The van der Waals surface area contributed by atoms with Crippen molar-refractivity contribution in [3.05, 3.63) is 48.5 Å². The van der Waals surface area contributed by atoms with Crippen molar-refractivity contribution in [3.63, 3.8) is 0 Å². The van der Waals surface area contributed by atoms with Gasteiger partial charge in [-0.2, -0.15) is 0 Å². The van der Waals surface area contributed by atoms with E-state index in [1.165, 1.54) is 6.42 Å². The highest BCUT2D eigenvalue weighted by atomic mass is 16.3. The Morgan fingerprint density at radius 1 is 0.920 bits per heavy atom. The van der Waals surface area contributed by atoms with Crippen molar-refractivity contribution in [1.82, 2.24) is 9.97 Å². The number of fused-ring (bicyclic) bond motifs is 1. The van der Waals surface area contributed by atoms with Gasteiger partial charge in [0.25, 0.3) is 0 Å². The van der Waals surface area contributed by atoms with Gasteiger partial charge in [-0.25, -0.2) is 9.97 Å². The van der Waals surface area contributed by atoms with Gasteiger partial charge in [-0.3, -0.25) is 0 Å². The van der Waals surface area contributed by atoms with Gasteiger partial charge < -0.3 is 10.0 Å². The van der Waals surface area contributed by atoms with Crippen molar-refractivity contribution in [1.29, 1.82) is 0 Å². The first-order chi connectivity index (χ1) is 12.1. The third kappa shape index (κ3) is 3.04. The summed E-state index contributed by atoms with van der Waals surface area (Å²) < 4.78 is 0. The zero-order chi connectivity index (χ0) is 17.4. The molecule has 1 N–H and O–H groups in total. The third-order valence-electron chi connectivity index (χ3n) is 4.90. The highest BCUT2D eigenvalue weighted by molar-refractivity contribution is 5.91. The van der Waals surface area contributed by atoms with Gasteiger partial charge in [-0.15, -0.1) is 0 Å². The lowest BCUT2D eigenvalue weighted by molar-refractivity contribution is 0.356. The Balaban J connectivity index is 1.89. The van der Waals surface area contributed by atoms with Gasteiger partial charge in [-0.1, -0.05) is 38.1 Å². The molecule has 0 aliphatic carbocycles. The number of piperidine rings is 1. The monoisotopic (exact) mass is 333 g/mol. The van der Waals surface area contributed by atoms with E-state index < -0.39 is 0 Å². The van der Waals surface area contributed by atoms with Crippen molar-refractivity contribution < 1.29 is 5.11 Å². The Labute approximate surface area is 148 Å². The minimum atomic E-state index is 0.212. The molecule has 25 heavy (non-hydrogen) atoms. The average Bonchev–Trinajstić information content (AvgIpc) is 2.60. The number of phenolic OH excluding ortho intramolecular Hbond substituents is 1. The molecule has 128 valence electrons. The molecule has 0 unspecified atom stereocenters. The lowest BCUT2D eigenvalue weighted by Crippen LogP contribution is -2.39. The van der Waals surface area contributed by atoms with E-state index in [9.17, 15) is 5.11 Å². The third-order valence-corrected chi connectivity index (χ3v) is 4.90. The van der Waals surface area contributed by atoms with Crippen LogP contribution in [0, 0.1) is 11.8 Å². The van der Waals surface area contributed by atoms with Crippen LogP contribution in [0.1, 0.15) is 20.3 Å². The average molecular weight is 333 g/mol. The second-order valence-corrected chi connectivity index (χ2v) is 7.26. The number of para-hydroxylation sites is 2. The molecule has 1 aromatic heterocycles. The Kier molecular flexibility index (Phi) is 4.04. The van der Waals surface area contributed by atoms with Crippen LogP contribution in [0.25, 0.3) is 22.3 Å². The SMILES string of the molecule is C[C@@H]1C[C@H](C)CN(c2nc(-c3ccccc3O)nc3ccccc23)C1. The van der Waals surface area contributed by atoms with Crippen LogP contribution >= 0.6 is 0 Å². The standard InChI is InChI=1S/C21H23N3O/c1-14-11-15(2)13-24(12-14)21-16-7-3-5-9-18(16)22-20(23-21)17-8-4-6-10-19(17)25/h3-10,14-15,25H,11-13H2,1-2H3/t14-,15+. The summed E-state index contributed by atoms with van der Waals surface area (Å²) in [6.45, 7) is 6.61. The Bertz CT molecular complexity index is 899. The van der Waals surface area contributed by atoms with Crippen LogP contribution in [0.3, 0.4) is 0 Å². The topological polar surface area (TPSA) is 49.2 Å². The van der Waals surface area contributed by atoms with Gasteiger partial charge in [0.1, 0.15) is 11.6 Å². The normalized spacial score (nSPS) is 20.8. The molecule has 2 aromatic carbocycles. The first-order valence-electron chi connectivity index (χ1n) is 8.92. The van der Waals surface area contributed by atoms with Crippen molar-refractivity contribution in [2.24, 2.45) is 11.8 Å². The van der Waals surface area contributed by atoms with Gasteiger partial charge in [0.2, 0.25) is 0 Å². The van der Waals surface area contributed by atoms with Gasteiger partial charge in [-0.05, 0) is 42.5 Å². The predicted octanol–water partition coefficient (Wildman–Crippen LogP) is 4.48. The van der Waals surface area contributed by atoms with Crippen molar-refractivity contribution in [2.45, 2.75) is 20.3 Å². The van der Waals surface area contributed by atoms with E-state index in [1.54, 1.807) is 6.07 Å². The van der Waals surface area contributed by atoms with E-state index in [2.05, 4.69) is 24.8 Å². The Hall–Kier alpha value is -2.62. The molecule has 4 heteroatoms. The molecule has 0 radical (unpaired) electrons. The number of benzene rings is 2. The second-order valence-electron chi connectivity index (χ2n) is 7.26. The maximum Gasteiger partial charge on any atom is 0.165 e. The largest absolute Gasteiger partial charge is 0.507 e. The smallest absolute Gasteiger partial charge is 0.165 e. The number of phenols is 1. The first-order valence-corrected chi connectivity index (χ1v) is 8.92. The van der Waals surface area contributed by atoms with Gasteiger partial charge >= 0.3 is 0 Å². The first kappa shape index (κ1) is 15.9. The Morgan fingerprint density at radius 2 is 1.60 bits per heavy atom. The molecule has 0 saturated carbocycles. The number of aromatic nitrogens is 2. The van der Waals surface area contributed by atoms with E-state index >= 15 is 0 Å². The van der Waals surface area contributed by atoms with Crippen LogP contribution in [-0.4, -0.2) is 28.2 Å². The molecule has 0 spiro atoms. The summed E-state index contributed by atoms with van der Waals surface area (Å²) in [7, 11) is 0. The van der Waals surface area contributed by atoms with E-state index in [0.29, 0.717) is 23.2 Å². The molecule has 0 bridgehead atoms. The molecule has 2 heterocycles. The highest BCUT2D eigenvalue weighted by Crippen LogP contribution is 2.33. The van der Waals surface area contributed by atoms with Crippen molar-refractivity contribution >= 4 is 16.7 Å². The summed E-state index contributed by atoms with van der Waals surface area (Å²) in [4.78, 5) is 12.0. The maximum atomic E-state index is 10.2. The molecule has 0 amide bonds. The van der Waals surface area contributed by atoms with E-state index in [0.717, 1.165) is 29.8 Å². The molecule has 4 rings (SSSR count). The molecule has 2 atom stereocenters. The summed E-state index contributed by atoms with van der Waals surface area (Å²) in [6, 6.07) is 15.4. The number of aromatic hydroxyl groups is 1. The van der Waals surface area contributed by atoms with E-state index in [1.807, 2.05) is 36.4 Å². The zero-order valence-corrected chi connectivity index (χ0v) is 14.7. The minimum absolute atomic E-state index is 0.212. The van der Waals surface area contributed by atoms with E-state index in [-0.39, 0.29) is 5.75 Å². The molecular formula is C21H23N3O. The fraction of sp³-hybridized carbons (Fsp3) is 0.333. The summed E-state index contributed by atoms with van der Waals surface area (Å²) in [5, 5.41) is 11.3. The van der Waals surface area contributed by atoms with Crippen LogP contribution in [0.2, 0.25) is 0 Å². The van der Waals surface area contributed by atoms with Crippen molar-refractivity contribution in [3.8, 4) is 17.1 Å². The van der Waals surface area contributed by atoms with Crippen LogP contribution < -0.4 is 4.90 Å². The molecule has 1 fully saturated rings. The number of hydrogen-bond donors (Lipinski definition) is 1. The van der Waals surface area contributed by atoms with Gasteiger partial charge in [0.15, 0.2) is 5.82 Å². The minimum Gasteiger partial charge on any atom is -0.507 e. The predicted molar refractivity (Wildman–Crippen MR) is 102 cm³/mol. The number of rotatable bonds is 2. The summed E-state index contributed by atoms with van der Waals surface area (Å²) in [5.74, 6) is 3.06. The lowest BCUT2D eigenvalue weighted by Gasteiger charge is -2.36. The van der Waals surface area contributed by atoms with Crippen LogP contribution in [-0.2, 0) is 0 Å². The summed E-state index contributed by atoms with van der Waals surface area (Å²) >= 11 is 0. The second kappa shape index (κ2) is 6.36. The van der Waals surface area contributed by atoms with Gasteiger partial charge in [0, 0.05) is 18.5 Å². The number of anilines is 1. The Morgan fingerprint density at radius 3 is 2.36 bits per heavy atom. The van der Waals surface area contributed by atoms with E-state index in [4.69, 9.17) is 9.97 Å². The molecule has 1 aliphatic rings. The molecule has 1 aliphatic heterocycles. The van der Waals surface area contributed by atoms with Crippen LogP contribution in [0.15, 0.2) is 48.5 Å². The van der Waals surface area contributed by atoms with Crippen LogP contribution in [0.4, 0.5) is 5.82 Å². The van der Waals surface area contributed by atoms with Gasteiger partial charge in [0.05, 0.1) is 11.1 Å². The molecule has 3 aromatic rings. The summed E-state index contributed by atoms with van der Waals surface area (Å²) in [5.41, 5.74) is 1.59. The number of nitrogens with zero attached hydrogens (tertiary/aromatic N) is 3. The molecule has 1 saturated heterocycles. The van der Waals surface area contributed by atoms with Crippen LogP contribution in [0.5, 0.6) is 5.75 Å². The fourth-order valence-electron chi connectivity index (χ4n) is 3.92. The fourth-order valence-corrected chi connectivity index (χ4v) is 3.92. The zero-order valence-electron chi connectivity index (χ0n) is 14.7. The molecule has 4 nitrogen and oxygen atoms in total. The lowest BCUT2D eigenvalue weighted by atomic mass is 9.92. The summed E-state index contributed by atoms with van der Waals surface area (Å²) in [6.07, 6.45) is 1.26. The highest BCUT2D eigenvalue weighted by Gasteiger charge is 2.25. The number of hydrogen-bond acceptors (Lipinski definition) is 4. The quantitative estimate of drug-likeness (QED) is 0.751. The van der Waals surface area contributed by atoms with Crippen molar-refractivity contribution in [2.75, 3.05) is 18.0 Å². The maximum absolute atomic E-state index is 10.2.